The van der Waals surface area contributed by atoms with E-state index in [0.29, 0.717) is 6.54 Å². The third kappa shape index (κ3) is 3.94. The first-order valence-corrected chi connectivity index (χ1v) is 8.91. The van der Waals surface area contributed by atoms with Gasteiger partial charge in [-0.25, -0.2) is 0 Å². The molecule has 5 nitrogen and oxygen atoms in total. The minimum atomic E-state index is -1.06. The van der Waals surface area contributed by atoms with Gasteiger partial charge in [-0.15, -0.1) is 0 Å². The van der Waals surface area contributed by atoms with E-state index in [1.54, 1.807) is 6.92 Å². The largest absolute Gasteiger partial charge is 0.465 e. The lowest BCUT2D eigenvalue weighted by Gasteiger charge is -2.29. The molecule has 3 N–H and O–H groups in total. The van der Waals surface area contributed by atoms with Gasteiger partial charge in [0, 0.05) is 6.54 Å². The zero-order chi connectivity index (χ0) is 17.9. The van der Waals surface area contributed by atoms with Crippen molar-refractivity contribution in [3.05, 3.63) is 59.5 Å². The smallest absolute Gasteiger partial charge is 0.244 e. The van der Waals surface area contributed by atoms with E-state index in [1.165, 1.54) is 12.8 Å². The van der Waals surface area contributed by atoms with Crippen molar-refractivity contribution in [3.63, 3.8) is 0 Å². The molecule has 0 radical (unpaired) electrons. The van der Waals surface area contributed by atoms with Gasteiger partial charge >= 0.3 is 0 Å². The number of benzene rings is 1. The van der Waals surface area contributed by atoms with Crippen LogP contribution in [0.15, 0.2) is 46.9 Å². The van der Waals surface area contributed by atoms with Crippen molar-refractivity contribution >= 4 is 5.91 Å². The average Bonchev–Trinajstić information content (AvgIpc) is 3.28. The number of hydrogen-bond acceptors (Lipinski definition) is 4. The second kappa shape index (κ2) is 7.42. The normalized spacial score (nSPS) is 18.7. The Balaban J connectivity index is 1.71. The van der Waals surface area contributed by atoms with Crippen LogP contribution in [0, 0.1) is 6.92 Å². The Hall–Kier alpha value is -2.11. The third-order valence-electron chi connectivity index (χ3n) is 4.97. The van der Waals surface area contributed by atoms with E-state index in [1.807, 2.05) is 49.4 Å². The maximum Gasteiger partial charge on any atom is 0.244 e. The summed E-state index contributed by atoms with van der Waals surface area (Å²) in [5.74, 6) is 1.61. The van der Waals surface area contributed by atoms with Gasteiger partial charge in [0.15, 0.2) is 0 Å². The lowest BCUT2D eigenvalue weighted by atomic mass is 9.92. The number of nitrogens with zero attached hydrogens (tertiary/aromatic N) is 1. The Morgan fingerprint density at radius 1 is 1.24 bits per heavy atom. The van der Waals surface area contributed by atoms with Crippen molar-refractivity contribution in [2.45, 2.75) is 38.3 Å². The third-order valence-corrected chi connectivity index (χ3v) is 4.97. The van der Waals surface area contributed by atoms with Crippen molar-refractivity contribution in [3.8, 4) is 0 Å². The summed E-state index contributed by atoms with van der Waals surface area (Å²) in [4.78, 5) is 15.1. The first-order chi connectivity index (χ1) is 12.0. The number of hydrogen-bond donors (Lipinski definition) is 2. The molecule has 0 saturated carbocycles. The summed E-state index contributed by atoms with van der Waals surface area (Å²) in [7, 11) is 0. The van der Waals surface area contributed by atoms with Crippen LogP contribution >= 0.6 is 0 Å². The predicted octanol–water partition coefficient (Wildman–Crippen LogP) is 2.72. The van der Waals surface area contributed by atoms with E-state index in [9.17, 15) is 4.79 Å². The first kappa shape index (κ1) is 17.7. The van der Waals surface area contributed by atoms with Gasteiger partial charge in [-0.2, -0.15) is 0 Å². The maximum atomic E-state index is 12.7. The summed E-state index contributed by atoms with van der Waals surface area (Å²) in [5.41, 5.74) is 6.06. The number of amides is 1. The molecule has 1 fully saturated rings. The molecule has 134 valence electrons. The number of likely N-dealkylation sites (tertiary alicyclic amines) is 1. The van der Waals surface area contributed by atoms with Gasteiger partial charge < -0.3 is 15.5 Å². The van der Waals surface area contributed by atoms with Gasteiger partial charge in [0.05, 0.1) is 6.04 Å². The Morgan fingerprint density at radius 2 is 1.92 bits per heavy atom. The molecular formula is C20H27N3O2. The van der Waals surface area contributed by atoms with E-state index >= 15 is 0 Å². The topological polar surface area (TPSA) is 71.5 Å². The summed E-state index contributed by atoms with van der Waals surface area (Å²) < 4.78 is 5.84. The molecule has 2 unspecified atom stereocenters. The minimum Gasteiger partial charge on any atom is -0.465 e. The van der Waals surface area contributed by atoms with Gasteiger partial charge in [-0.05, 0) is 57.5 Å². The molecule has 0 spiro atoms. The summed E-state index contributed by atoms with van der Waals surface area (Å²) in [6.45, 7) is 6.23. The van der Waals surface area contributed by atoms with Crippen molar-refractivity contribution < 1.29 is 9.21 Å². The van der Waals surface area contributed by atoms with Crippen molar-refractivity contribution in [1.82, 2.24) is 10.2 Å². The standard InChI is InChI=1S/C20H27N3O2/c1-15-10-11-18(25-15)17(23-12-6-7-13-23)14-22-19(24)20(2,21)16-8-4-3-5-9-16/h3-5,8-11,17H,6-7,12-14,21H2,1-2H3,(H,22,24). The number of furan rings is 1. The zero-order valence-electron chi connectivity index (χ0n) is 15.0. The monoisotopic (exact) mass is 341 g/mol. The lowest BCUT2D eigenvalue weighted by molar-refractivity contribution is -0.126. The number of aryl methyl sites for hydroxylation is 1. The predicted molar refractivity (Wildman–Crippen MR) is 98.0 cm³/mol. The molecule has 1 aliphatic rings. The molecule has 5 heteroatoms. The van der Waals surface area contributed by atoms with Gasteiger partial charge in [0.2, 0.25) is 5.91 Å². The summed E-state index contributed by atoms with van der Waals surface area (Å²) in [6, 6.07) is 13.5. The summed E-state index contributed by atoms with van der Waals surface area (Å²) >= 11 is 0. The Kier molecular flexibility index (Phi) is 5.25. The average molecular weight is 341 g/mol. The minimum absolute atomic E-state index is 0.0479. The van der Waals surface area contributed by atoms with Gasteiger partial charge in [0.1, 0.15) is 17.1 Å². The zero-order valence-corrected chi connectivity index (χ0v) is 15.0. The molecular weight excluding hydrogens is 314 g/mol. The van der Waals surface area contributed by atoms with Crippen molar-refractivity contribution in [2.24, 2.45) is 5.73 Å². The van der Waals surface area contributed by atoms with Gasteiger partial charge in [-0.3, -0.25) is 9.69 Å². The highest BCUT2D eigenvalue weighted by Gasteiger charge is 2.32. The van der Waals surface area contributed by atoms with Crippen molar-refractivity contribution in [2.75, 3.05) is 19.6 Å². The fourth-order valence-corrected chi connectivity index (χ4v) is 3.38. The lowest BCUT2D eigenvalue weighted by Crippen LogP contribution is -2.50. The number of rotatable bonds is 6. The van der Waals surface area contributed by atoms with Crippen molar-refractivity contribution in [1.29, 1.82) is 0 Å². The molecule has 2 atom stereocenters. The van der Waals surface area contributed by atoms with Gasteiger partial charge in [-0.1, -0.05) is 30.3 Å². The van der Waals surface area contributed by atoms with Crippen LogP contribution in [0.4, 0.5) is 0 Å². The Bertz CT molecular complexity index is 703. The van der Waals surface area contributed by atoms with Crippen LogP contribution in [0.5, 0.6) is 0 Å². The molecule has 25 heavy (non-hydrogen) atoms. The highest BCUT2D eigenvalue weighted by atomic mass is 16.3. The van der Waals surface area contributed by atoms with Crippen LogP contribution < -0.4 is 11.1 Å². The molecule has 1 aliphatic heterocycles. The summed E-state index contributed by atoms with van der Waals surface area (Å²) in [5, 5.41) is 3.04. The quantitative estimate of drug-likeness (QED) is 0.847. The second-order valence-corrected chi connectivity index (χ2v) is 6.99. The Labute approximate surface area is 149 Å². The van der Waals surface area contributed by atoms with Crippen LogP contribution in [-0.2, 0) is 10.3 Å². The number of carbonyl (C=O) groups excluding carboxylic acids is 1. The molecule has 0 aliphatic carbocycles. The molecule has 1 aromatic carbocycles. The van der Waals surface area contributed by atoms with Crippen LogP contribution in [-0.4, -0.2) is 30.4 Å². The fraction of sp³-hybridized carbons (Fsp3) is 0.450. The van der Waals surface area contributed by atoms with Crippen LogP contribution in [0.3, 0.4) is 0 Å². The van der Waals surface area contributed by atoms with Crippen LogP contribution in [0.25, 0.3) is 0 Å². The molecule has 3 rings (SSSR count). The Morgan fingerprint density at radius 3 is 2.52 bits per heavy atom. The highest BCUT2D eigenvalue weighted by molar-refractivity contribution is 5.87. The van der Waals surface area contributed by atoms with Crippen LogP contribution in [0.1, 0.15) is 42.9 Å². The van der Waals surface area contributed by atoms with E-state index < -0.39 is 5.54 Å². The number of carbonyl (C=O) groups is 1. The fourth-order valence-electron chi connectivity index (χ4n) is 3.38. The van der Waals surface area contributed by atoms with Gasteiger partial charge in [0.25, 0.3) is 0 Å². The highest BCUT2D eigenvalue weighted by Crippen LogP contribution is 2.26. The van der Waals surface area contributed by atoms with E-state index in [2.05, 4.69) is 10.2 Å². The molecule has 1 aromatic heterocycles. The first-order valence-electron chi connectivity index (χ1n) is 8.91. The molecule has 1 saturated heterocycles. The van der Waals surface area contributed by atoms with E-state index in [0.717, 1.165) is 30.2 Å². The summed E-state index contributed by atoms with van der Waals surface area (Å²) in [6.07, 6.45) is 2.37. The molecule has 0 bridgehead atoms. The van der Waals surface area contributed by atoms with E-state index in [4.69, 9.17) is 10.2 Å². The van der Waals surface area contributed by atoms with E-state index in [-0.39, 0.29) is 11.9 Å². The van der Waals surface area contributed by atoms with Crippen LogP contribution in [0.2, 0.25) is 0 Å². The number of nitrogens with two attached hydrogens (primary N) is 1. The molecule has 2 aromatic rings. The molecule has 2 heterocycles. The molecule has 1 amide bonds. The number of nitrogens with one attached hydrogen (secondary N) is 1. The maximum absolute atomic E-state index is 12.7. The SMILES string of the molecule is Cc1ccc(C(CNC(=O)C(C)(N)c2ccccc2)N2CCCC2)o1. The second-order valence-electron chi connectivity index (χ2n) is 6.99.